The lowest BCUT2D eigenvalue weighted by Crippen LogP contribution is -2.25. The molecule has 0 unspecified atom stereocenters. The molecule has 0 aliphatic heterocycles. The summed E-state index contributed by atoms with van der Waals surface area (Å²) in [7, 11) is 0. The van der Waals surface area contributed by atoms with E-state index in [1.807, 2.05) is 19.1 Å². The predicted octanol–water partition coefficient (Wildman–Crippen LogP) is 2.93. The number of carbonyl (C=O) groups is 2. The van der Waals surface area contributed by atoms with Crippen LogP contribution < -0.4 is 10.6 Å². The summed E-state index contributed by atoms with van der Waals surface area (Å²) in [4.78, 5) is 31.6. The lowest BCUT2D eigenvalue weighted by Gasteiger charge is -2.32. The van der Waals surface area contributed by atoms with Gasteiger partial charge < -0.3 is 20.3 Å². The standard InChI is InChI=1S/C27H40N2O47/c1-7-28-26(31)32-18-19-34-36-38-40-42-44-46-48-50-52-54-56-58-60-62-64-66-68-70-72-74-76-75-73-71-69-67-65-63-61-59-57-55-53-51-49-47-45-43-41-39-37-35-33-17-16-29-25(30)20-22(3)11-8-10-21(2)13-14-24-23(4)12-9-15-27(24,5)6/h8,10-11,13-14,16-17,20H,7,9,12,15,18-19H2,1-6H3,(H,28,31)(H,29,30)/b11-8+,14-13+,17-16-,21-10+,22-20+. The molecule has 440 valence electrons. The molecule has 0 atom stereocenters. The molecule has 1 aliphatic rings. The number of hydrogen-bond acceptors (Lipinski definition) is 47. The van der Waals surface area contributed by atoms with Gasteiger partial charge >= 0.3 is 6.09 Å². The van der Waals surface area contributed by atoms with Crippen molar-refractivity contribution in [2.45, 2.75) is 60.8 Å². The summed E-state index contributed by atoms with van der Waals surface area (Å²) in [5.74, 6) is -0.466. The topological polar surface area (TPSA) is 474 Å². The summed E-state index contributed by atoms with van der Waals surface area (Å²) in [5, 5.41) is 156. The molecule has 1 rings (SSSR count). The van der Waals surface area contributed by atoms with E-state index in [0.29, 0.717) is 12.1 Å². The van der Waals surface area contributed by atoms with Crippen LogP contribution in [-0.4, -0.2) is 31.8 Å². The molecular formula is C27H40N2O47. The van der Waals surface area contributed by atoms with Crippen LogP contribution >= 0.6 is 0 Å². The molecule has 0 radical (unpaired) electrons. The molecule has 0 heterocycles. The van der Waals surface area contributed by atoms with Gasteiger partial charge in [-0.05, 0) is 104 Å². The quantitative estimate of drug-likeness (QED) is 0.0221. The van der Waals surface area contributed by atoms with Crippen molar-refractivity contribution in [3.63, 3.8) is 0 Å². The Kier molecular flexibility index (Phi) is 47.7. The monoisotopic (exact) mass is 1140 g/mol. The van der Waals surface area contributed by atoms with Crippen LogP contribution in [0.4, 0.5) is 4.79 Å². The predicted molar refractivity (Wildman–Crippen MR) is 181 cm³/mol. The summed E-state index contributed by atoms with van der Waals surface area (Å²) in [6.45, 7) is 12.1. The number of ether oxygens (including phenoxy) is 1. The second-order valence-electron chi connectivity index (χ2n) is 11.7. The van der Waals surface area contributed by atoms with E-state index in [-0.39, 0.29) is 18.6 Å². The van der Waals surface area contributed by atoms with Gasteiger partial charge in [0.1, 0.15) is 19.5 Å². The molecule has 0 aromatic heterocycles. The third-order valence-corrected chi connectivity index (χ3v) is 6.43. The van der Waals surface area contributed by atoms with E-state index in [1.165, 1.54) is 23.6 Å². The van der Waals surface area contributed by atoms with Crippen LogP contribution in [0, 0.1) is 5.41 Å². The van der Waals surface area contributed by atoms with Crippen molar-refractivity contribution in [3.05, 3.63) is 71.2 Å². The second-order valence-corrected chi connectivity index (χ2v) is 11.7. The van der Waals surface area contributed by atoms with Gasteiger partial charge in [0.2, 0.25) is 5.91 Å². The Hall–Kier alpha value is -4.74. The third kappa shape index (κ3) is 46.6. The number of nitrogens with one attached hydrogen (secondary N) is 2. The highest BCUT2D eigenvalue weighted by Crippen LogP contribution is 2.40. The Labute approximate surface area is 416 Å². The molecule has 49 heteroatoms. The average molecular weight is 1140 g/mol. The Morgan fingerprint density at radius 3 is 1.28 bits per heavy atom. The summed E-state index contributed by atoms with van der Waals surface area (Å²) in [6, 6.07) is 0. The Morgan fingerprint density at radius 2 is 0.895 bits per heavy atom. The van der Waals surface area contributed by atoms with Crippen LogP contribution in [0.15, 0.2) is 71.2 Å². The summed E-state index contributed by atoms with van der Waals surface area (Å²) in [5.41, 5.74) is 4.69. The van der Waals surface area contributed by atoms with Crippen molar-refractivity contribution in [2.75, 3.05) is 19.8 Å². The molecule has 76 heavy (non-hydrogen) atoms. The minimum Gasteiger partial charge on any atom is -0.447 e. The fourth-order valence-corrected chi connectivity index (χ4v) is 3.98. The Bertz CT molecular complexity index is 1580. The van der Waals surface area contributed by atoms with Crippen molar-refractivity contribution in [2.24, 2.45) is 5.41 Å². The second kappa shape index (κ2) is 52.3. The van der Waals surface area contributed by atoms with E-state index >= 15 is 0 Å². The molecule has 0 aromatic carbocycles. The van der Waals surface area contributed by atoms with Crippen LogP contribution in [0.25, 0.3) is 0 Å². The molecule has 0 fully saturated rings. The lowest BCUT2D eigenvalue weighted by atomic mass is 9.72. The van der Waals surface area contributed by atoms with E-state index in [0.717, 1.165) is 30.9 Å². The maximum absolute atomic E-state index is 12.0. The molecule has 0 saturated carbocycles. The van der Waals surface area contributed by atoms with Crippen LogP contribution in [0.3, 0.4) is 0 Å². The van der Waals surface area contributed by atoms with Crippen molar-refractivity contribution in [1.29, 1.82) is 0 Å². The van der Waals surface area contributed by atoms with Gasteiger partial charge in [-0.25, -0.2) is 9.68 Å². The number of allylic oxidation sites excluding steroid dienone is 9. The van der Waals surface area contributed by atoms with Gasteiger partial charge in [-0.2, -0.15) is 0 Å². The van der Waals surface area contributed by atoms with E-state index in [1.54, 1.807) is 19.9 Å². The van der Waals surface area contributed by atoms with Gasteiger partial charge in [0.15, 0.2) is 0 Å². The molecule has 0 saturated heterocycles. The molecule has 2 amide bonds. The van der Waals surface area contributed by atoms with Crippen molar-refractivity contribution in [3.8, 4) is 0 Å². The van der Waals surface area contributed by atoms with E-state index in [9.17, 15) is 9.59 Å². The van der Waals surface area contributed by atoms with Crippen LogP contribution in [0.5, 0.6) is 0 Å². The molecule has 0 spiro atoms. The van der Waals surface area contributed by atoms with Crippen LogP contribution in [0.1, 0.15) is 60.8 Å². The van der Waals surface area contributed by atoms with Gasteiger partial charge in [-0.15, -0.1) is 0 Å². The molecule has 0 bridgehead atoms. The van der Waals surface area contributed by atoms with E-state index in [2.05, 4.69) is 270 Å². The smallest absolute Gasteiger partial charge is 0.407 e. The first-order valence-corrected chi connectivity index (χ1v) is 18.7. The molecule has 49 nitrogen and oxygen atoms in total. The zero-order valence-corrected chi connectivity index (χ0v) is 38.5. The zero-order valence-electron chi connectivity index (χ0n) is 38.5. The first-order valence-electron chi connectivity index (χ1n) is 18.7. The first-order chi connectivity index (χ1) is 37.2. The molecule has 0 aromatic rings. The first kappa shape index (κ1) is 69.3. The third-order valence-electron chi connectivity index (χ3n) is 6.43. The SMILES string of the molecule is CCNC(=O)OCCOOOOOOOOOOOOOOOOOOOOOOOOOOOOOOOOOOOOOOOOOOOO/C=C\NC(=O)/C=C(C)/C=C/C=C(C)/C=C/C1=C(C)CCCC1(C)C. The number of alkyl carbamates (subject to hydrolysis) is 1. The number of rotatable bonds is 54. The lowest BCUT2D eigenvalue weighted by molar-refractivity contribution is -0.909. The van der Waals surface area contributed by atoms with Gasteiger partial charge in [0, 0.05) is 190 Å². The van der Waals surface area contributed by atoms with Crippen molar-refractivity contribution < 1.29 is 236 Å². The maximum Gasteiger partial charge on any atom is 0.407 e. The minimum absolute atomic E-state index is 0.156. The highest BCUT2D eigenvalue weighted by molar-refractivity contribution is 5.89. The van der Waals surface area contributed by atoms with Gasteiger partial charge in [0.25, 0.3) is 0 Å². The van der Waals surface area contributed by atoms with Crippen LogP contribution in [0.2, 0.25) is 0 Å². The highest BCUT2D eigenvalue weighted by atomic mass is 18.0. The number of hydrogen-bond donors (Lipinski definition) is 2. The largest absolute Gasteiger partial charge is 0.447 e. The number of carbonyl (C=O) groups excluding carboxylic acids is 2. The maximum atomic E-state index is 12.0. The Balaban J connectivity index is 1.73. The molecular weight excluding hydrogens is 1100 g/mol. The van der Waals surface area contributed by atoms with E-state index < -0.39 is 12.0 Å². The van der Waals surface area contributed by atoms with Gasteiger partial charge in [-0.1, -0.05) is 55.4 Å². The average Bonchev–Trinajstić information content (AvgIpc) is 3.39. The van der Waals surface area contributed by atoms with E-state index in [4.69, 9.17) is 0 Å². The highest BCUT2D eigenvalue weighted by Gasteiger charge is 2.26. The zero-order chi connectivity index (χ0) is 55.1. The summed E-state index contributed by atoms with van der Waals surface area (Å²) < 4.78 is 4.60. The summed E-state index contributed by atoms with van der Waals surface area (Å²) >= 11 is 0. The van der Waals surface area contributed by atoms with Gasteiger partial charge in [-0.3, -0.25) is 4.79 Å². The van der Waals surface area contributed by atoms with Gasteiger partial charge in [0.05, 0.1) is 0 Å². The normalized spacial score (nSPS) is 14.2. The fourth-order valence-electron chi connectivity index (χ4n) is 3.98. The Morgan fingerprint density at radius 1 is 0.513 bits per heavy atom. The van der Waals surface area contributed by atoms with Crippen molar-refractivity contribution >= 4 is 12.0 Å². The minimum atomic E-state index is -0.678. The number of amides is 2. The molecule has 2 N–H and O–H groups in total. The van der Waals surface area contributed by atoms with Crippen molar-refractivity contribution in [1.82, 2.24) is 10.6 Å². The molecule has 1 aliphatic carbocycles. The van der Waals surface area contributed by atoms with Crippen LogP contribution in [-0.2, 0) is 231 Å². The summed E-state index contributed by atoms with van der Waals surface area (Å²) in [6.07, 6.45) is 15.9. The fraction of sp³-hybridized carbons (Fsp3) is 0.481.